The number of halogens is 12. The lowest BCUT2D eigenvalue weighted by atomic mass is 10.0. The molecule has 2 amide bonds. The Hall–Kier alpha value is -3.86. The molecular formula is C18H10F12N4O2. The highest BCUT2D eigenvalue weighted by molar-refractivity contribution is 6.35. The van der Waals surface area contributed by atoms with E-state index in [2.05, 4.69) is 0 Å². The fourth-order valence-corrected chi connectivity index (χ4v) is 2.76. The second-order valence-corrected chi connectivity index (χ2v) is 6.61. The maximum absolute atomic E-state index is 13.2. The van der Waals surface area contributed by atoms with Crippen LogP contribution in [0.3, 0.4) is 0 Å². The van der Waals surface area contributed by atoms with E-state index in [1.807, 2.05) is 0 Å². The number of hydrogen-bond acceptors (Lipinski definition) is 4. The minimum Gasteiger partial charge on any atom is -0.298 e. The van der Waals surface area contributed by atoms with Crippen LogP contribution < -0.4 is 21.7 Å². The summed E-state index contributed by atoms with van der Waals surface area (Å²) in [6.45, 7) is 0. The predicted molar refractivity (Wildman–Crippen MR) is 96.4 cm³/mol. The zero-order valence-electron chi connectivity index (χ0n) is 16.8. The van der Waals surface area contributed by atoms with Crippen LogP contribution in [-0.2, 0) is 34.3 Å². The van der Waals surface area contributed by atoms with E-state index in [9.17, 15) is 62.3 Å². The summed E-state index contributed by atoms with van der Waals surface area (Å²) in [4.78, 5) is 23.5. The van der Waals surface area contributed by atoms with Gasteiger partial charge in [0.15, 0.2) is 0 Å². The molecule has 0 saturated carbocycles. The van der Waals surface area contributed by atoms with Gasteiger partial charge in [0.25, 0.3) is 0 Å². The Morgan fingerprint density at radius 2 is 0.806 bits per heavy atom. The number of carbonyl (C=O) groups is 2. The molecule has 2 rings (SSSR count). The van der Waals surface area contributed by atoms with Crippen LogP contribution in [0.1, 0.15) is 22.3 Å². The number of anilines is 2. The summed E-state index contributed by atoms with van der Waals surface area (Å²) in [6.07, 6.45) is -22.1. The molecule has 0 spiro atoms. The van der Waals surface area contributed by atoms with Crippen LogP contribution in [0.5, 0.6) is 0 Å². The third-order valence-corrected chi connectivity index (χ3v) is 4.13. The maximum Gasteiger partial charge on any atom is 0.419 e. The van der Waals surface area contributed by atoms with Crippen LogP contribution in [0.4, 0.5) is 64.1 Å². The number of alkyl halides is 12. The van der Waals surface area contributed by atoms with Gasteiger partial charge in [-0.25, -0.2) is 0 Å². The van der Waals surface area contributed by atoms with E-state index in [4.69, 9.17) is 0 Å². The lowest BCUT2D eigenvalue weighted by Crippen LogP contribution is -2.45. The standard InChI is InChI=1S/C18H10F12N4O2/c19-15(20,21)7-3-1-5-9(11(7)17(25,26)27)31-33-13(35)14(36)34-32-10-6-2-4-8(16(22,23)24)12(10)18(28,29)30/h1-6,31-32H,(H,33,35)(H,34,36). The number of amides is 2. The Bertz CT molecular complexity index is 1050. The van der Waals surface area contributed by atoms with Gasteiger partial charge in [-0.1, -0.05) is 12.1 Å². The van der Waals surface area contributed by atoms with Crippen molar-refractivity contribution in [2.45, 2.75) is 24.7 Å². The van der Waals surface area contributed by atoms with Crippen LogP contribution in [0.2, 0.25) is 0 Å². The monoisotopic (exact) mass is 542 g/mol. The van der Waals surface area contributed by atoms with E-state index in [0.717, 1.165) is 0 Å². The molecule has 198 valence electrons. The van der Waals surface area contributed by atoms with Crippen molar-refractivity contribution >= 4 is 23.2 Å². The highest BCUT2D eigenvalue weighted by Crippen LogP contribution is 2.45. The molecule has 0 aliphatic rings. The van der Waals surface area contributed by atoms with Gasteiger partial charge in [0.1, 0.15) is 0 Å². The van der Waals surface area contributed by atoms with Crippen LogP contribution in [0, 0.1) is 0 Å². The van der Waals surface area contributed by atoms with Crippen molar-refractivity contribution < 1.29 is 62.3 Å². The van der Waals surface area contributed by atoms with E-state index >= 15 is 0 Å². The number of carbonyl (C=O) groups excluding carboxylic acids is 2. The average molecular weight is 542 g/mol. The lowest BCUT2D eigenvalue weighted by molar-refractivity contribution is -0.161. The number of rotatable bonds is 4. The summed E-state index contributed by atoms with van der Waals surface area (Å²) in [5.74, 6) is -3.87. The molecule has 0 radical (unpaired) electrons. The fourth-order valence-electron chi connectivity index (χ4n) is 2.76. The van der Waals surface area contributed by atoms with Gasteiger partial charge in [-0.15, -0.1) is 0 Å². The van der Waals surface area contributed by atoms with Crippen molar-refractivity contribution in [1.82, 2.24) is 10.9 Å². The Labute approximate surface area is 191 Å². The molecule has 6 nitrogen and oxygen atoms in total. The smallest absolute Gasteiger partial charge is 0.298 e. The van der Waals surface area contributed by atoms with Crippen molar-refractivity contribution in [2.75, 3.05) is 10.9 Å². The van der Waals surface area contributed by atoms with Gasteiger partial charge in [0.2, 0.25) is 0 Å². The Kier molecular flexibility index (Phi) is 7.61. The molecule has 18 heteroatoms. The molecule has 0 aromatic heterocycles. The van der Waals surface area contributed by atoms with E-state index in [1.165, 1.54) is 21.7 Å². The third kappa shape index (κ3) is 6.63. The molecule has 0 atom stereocenters. The van der Waals surface area contributed by atoms with Crippen molar-refractivity contribution in [2.24, 2.45) is 0 Å². The number of hydrogen-bond donors (Lipinski definition) is 4. The first-order valence-electron chi connectivity index (χ1n) is 8.91. The van der Waals surface area contributed by atoms with Gasteiger partial charge in [-0.2, -0.15) is 52.7 Å². The highest BCUT2D eigenvalue weighted by Gasteiger charge is 2.46. The second-order valence-electron chi connectivity index (χ2n) is 6.61. The van der Waals surface area contributed by atoms with E-state index in [1.54, 1.807) is 0 Å². The molecule has 2 aromatic carbocycles. The Balaban J connectivity index is 2.21. The number of hydrazine groups is 2. The molecule has 4 N–H and O–H groups in total. The van der Waals surface area contributed by atoms with Gasteiger partial charge in [-0.05, 0) is 24.3 Å². The molecule has 0 unspecified atom stereocenters. The molecule has 0 fully saturated rings. The van der Waals surface area contributed by atoms with Gasteiger partial charge in [-0.3, -0.25) is 31.3 Å². The summed E-state index contributed by atoms with van der Waals surface area (Å²) in [6, 6.07) is 2.21. The van der Waals surface area contributed by atoms with E-state index < -0.39 is 70.1 Å². The van der Waals surface area contributed by atoms with E-state index in [-0.39, 0.29) is 12.1 Å². The zero-order chi connectivity index (χ0) is 27.7. The molecule has 0 heterocycles. The van der Waals surface area contributed by atoms with Gasteiger partial charge < -0.3 is 0 Å². The minimum absolute atomic E-state index is 0.0970. The molecular weight excluding hydrogens is 532 g/mol. The van der Waals surface area contributed by atoms with Crippen LogP contribution in [0.25, 0.3) is 0 Å². The first-order valence-corrected chi connectivity index (χ1v) is 8.91. The summed E-state index contributed by atoms with van der Waals surface area (Å²) >= 11 is 0. The highest BCUT2D eigenvalue weighted by atomic mass is 19.4. The third-order valence-electron chi connectivity index (χ3n) is 4.13. The summed E-state index contributed by atoms with van der Waals surface area (Å²) < 4.78 is 157. The van der Waals surface area contributed by atoms with Gasteiger partial charge >= 0.3 is 36.5 Å². The quantitative estimate of drug-likeness (QED) is 0.239. The fraction of sp³-hybridized carbons (Fsp3) is 0.222. The van der Waals surface area contributed by atoms with Gasteiger partial charge in [0.05, 0.1) is 33.6 Å². The zero-order valence-corrected chi connectivity index (χ0v) is 16.8. The minimum atomic E-state index is -5.58. The summed E-state index contributed by atoms with van der Waals surface area (Å²) in [7, 11) is 0. The normalized spacial score (nSPS) is 12.7. The van der Waals surface area contributed by atoms with Crippen LogP contribution >= 0.6 is 0 Å². The first kappa shape index (κ1) is 28.4. The molecule has 0 saturated heterocycles. The Morgan fingerprint density at radius 3 is 1.06 bits per heavy atom. The van der Waals surface area contributed by atoms with Gasteiger partial charge in [0, 0.05) is 0 Å². The average Bonchev–Trinajstić information content (AvgIpc) is 2.72. The van der Waals surface area contributed by atoms with Crippen molar-refractivity contribution in [3.63, 3.8) is 0 Å². The largest absolute Gasteiger partial charge is 0.419 e. The van der Waals surface area contributed by atoms with Crippen LogP contribution in [-0.4, -0.2) is 11.8 Å². The maximum atomic E-state index is 13.2. The number of benzene rings is 2. The second kappa shape index (κ2) is 9.65. The summed E-state index contributed by atoms with van der Waals surface area (Å²) in [5.41, 5.74) is -6.00. The molecule has 0 aliphatic heterocycles. The molecule has 2 aromatic rings. The number of nitrogens with one attached hydrogen (secondary N) is 4. The summed E-state index contributed by atoms with van der Waals surface area (Å²) in [5, 5.41) is 0. The molecule has 0 bridgehead atoms. The topological polar surface area (TPSA) is 82.3 Å². The first-order chi connectivity index (χ1) is 16.2. The predicted octanol–water partition coefficient (Wildman–Crippen LogP) is 5.35. The van der Waals surface area contributed by atoms with Crippen molar-refractivity contribution in [3.05, 3.63) is 58.7 Å². The Morgan fingerprint density at radius 1 is 0.500 bits per heavy atom. The lowest BCUT2D eigenvalue weighted by Gasteiger charge is -2.21. The molecule has 36 heavy (non-hydrogen) atoms. The van der Waals surface area contributed by atoms with Crippen molar-refractivity contribution in [1.29, 1.82) is 0 Å². The molecule has 0 aliphatic carbocycles. The van der Waals surface area contributed by atoms with E-state index in [0.29, 0.717) is 24.3 Å². The SMILES string of the molecule is O=C(NNc1cccc(C(F)(F)F)c1C(F)(F)F)C(=O)NNc1cccc(C(F)(F)F)c1C(F)(F)F. The van der Waals surface area contributed by atoms with Crippen molar-refractivity contribution in [3.8, 4) is 0 Å². The van der Waals surface area contributed by atoms with Crippen LogP contribution in [0.15, 0.2) is 36.4 Å².